The van der Waals surface area contributed by atoms with Crippen molar-refractivity contribution in [3.8, 4) is 0 Å². The minimum absolute atomic E-state index is 0.0171. The standard InChI is InChI=1S/C29H28N4O2S2/c1-4-25(34)31-22-13-10-20(17-19(22)3)33-28(27(32-29(33)36)23-7-5-6-16-30-23)24-14-15-26(35-24)37-21-11-8-18(2)9-12-21/h5-17,27-28H,4H2,1-3H3,(H,31,34)(H,32,36)/t27-,28+/m0/s1. The second-order valence-corrected chi connectivity index (χ2v) is 10.4. The van der Waals surface area contributed by atoms with Crippen LogP contribution in [0.25, 0.3) is 0 Å². The van der Waals surface area contributed by atoms with Gasteiger partial charge in [0.15, 0.2) is 10.2 Å². The Hall–Kier alpha value is -3.62. The topological polar surface area (TPSA) is 70.4 Å². The molecule has 2 aromatic carbocycles. The molecule has 0 bridgehead atoms. The Balaban J connectivity index is 1.50. The smallest absolute Gasteiger partial charge is 0.224 e. The SMILES string of the molecule is CCC(=O)Nc1ccc(N2C(=S)N[C@@H](c3ccccn3)[C@H]2c2ccc(Sc3ccc(C)cc3)o2)cc1C. The summed E-state index contributed by atoms with van der Waals surface area (Å²) in [6.45, 7) is 5.90. The van der Waals surface area contributed by atoms with Gasteiger partial charge in [-0.15, -0.1) is 0 Å². The highest BCUT2D eigenvalue weighted by Crippen LogP contribution is 2.44. The summed E-state index contributed by atoms with van der Waals surface area (Å²) >= 11 is 7.42. The van der Waals surface area contributed by atoms with Gasteiger partial charge in [-0.1, -0.05) is 42.4 Å². The number of carbonyl (C=O) groups is 1. The Morgan fingerprint density at radius 3 is 2.62 bits per heavy atom. The number of hydrogen-bond donors (Lipinski definition) is 2. The summed E-state index contributed by atoms with van der Waals surface area (Å²) in [6.07, 6.45) is 2.21. The minimum Gasteiger partial charge on any atom is -0.452 e. The molecule has 0 aliphatic carbocycles. The molecule has 0 radical (unpaired) electrons. The maximum absolute atomic E-state index is 11.9. The van der Waals surface area contributed by atoms with Crippen LogP contribution in [-0.2, 0) is 4.79 Å². The van der Waals surface area contributed by atoms with Crippen molar-refractivity contribution in [3.05, 3.63) is 102 Å². The summed E-state index contributed by atoms with van der Waals surface area (Å²) in [5, 5.41) is 7.83. The van der Waals surface area contributed by atoms with Crippen molar-refractivity contribution >= 4 is 46.4 Å². The van der Waals surface area contributed by atoms with E-state index in [9.17, 15) is 4.79 Å². The van der Waals surface area contributed by atoms with E-state index in [-0.39, 0.29) is 18.0 Å². The van der Waals surface area contributed by atoms with Crippen LogP contribution in [0.15, 0.2) is 93.4 Å². The van der Waals surface area contributed by atoms with Crippen molar-refractivity contribution in [2.75, 3.05) is 10.2 Å². The first kappa shape index (κ1) is 25.0. The van der Waals surface area contributed by atoms with Gasteiger partial charge in [0.25, 0.3) is 0 Å². The molecule has 2 aromatic heterocycles. The van der Waals surface area contributed by atoms with Gasteiger partial charge in [0.1, 0.15) is 11.8 Å². The van der Waals surface area contributed by atoms with Crippen molar-refractivity contribution < 1.29 is 9.21 Å². The van der Waals surface area contributed by atoms with E-state index in [4.69, 9.17) is 16.6 Å². The molecule has 0 spiro atoms. The molecule has 4 aromatic rings. The molecule has 1 aliphatic heterocycles. The van der Waals surface area contributed by atoms with Crippen molar-refractivity contribution in [2.24, 2.45) is 0 Å². The lowest BCUT2D eigenvalue weighted by atomic mass is 10.0. The number of hydrogen-bond acceptors (Lipinski definition) is 5. The van der Waals surface area contributed by atoms with E-state index in [1.165, 1.54) is 5.56 Å². The van der Waals surface area contributed by atoms with Crippen LogP contribution in [0.2, 0.25) is 0 Å². The fraction of sp³-hybridized carbons (Fsp3) is 0.207. The Kier molecular flexibility index (Phi) is 7.30. The summed E-state index contributed by atoms with van der Waals surface area (Å²) < 4.78 is 6.41. The van der Waals surface area contributed by atoms with E-state index < -0.39 is 0 Å². The lowest BCUT2D eigenvalue weighted by Crippen LogP contribution is -2.29. The number of pyridine rings is 1. The predicted octanol–water partition coefficient (Wildman–Crippen LogP) is 6.97. The number of carbonyl (C=O) groups excluding carboxylic acids is 1. The molecule has 1 fully saturated rings. The Morgan fingerprint density at radius 2 is 1.92 bits per heavy atom. The number of benzene rings is 2. The van der Waals surface area contributed by atoms with Gasteiger partial charge in [0, 0.05) is 28.9 Å². The van der Waals surface area contributed by atoms with Crippen molar-refractivity contribution in [3.63, 3.8) is 0 Å². The van der Waals surface area contributed by atoms with Crippen molar-refractivity contribution in [2.45, 2.75) is 49.3 Å². The molecule has 188 valence electrons. The molecule has 1 amide bonds. The van der Waals surface area contributed by atoms with Crippen LogP contribution < -0.4 is 15.5 Å². The molecule has 1 saturated heterocycles. The molecule has 6 nitrogen and oxygen atoms in total. The fourth-order valence-corrected chi connectivity index (χ4v) is 5.49. The number of rotatable bonds is 7. The van der Waals surface area contributed by atoms with E-state index in [0.717, 1.165) is 38.4 Å². The average Bonchev–Trinajstić information content (AvgIpc) is 3.51. The molecular formula is C29H28N4O2S2. The molecule has 0 saturated carbocycles. The first-order valence-electron chi connectivity index (χ1n) is 12.2. The molecule has 8 heteroatoms. The monoisotopic (exact) mass is 528 g/mol. The van der Waals surface area contributed by atoms with Gasteiger partial charge in [-0.2, -0.15) is 0 Å². The normalized spacial score (nSPS) is 17.1. The molecule has 3 heterocycles. The maximum Gasteiger partial charge on any atom is 0.224 e. The molecule has 37 heavy (non-hydrogen) atoms. The predicted molar refractivity (Wildman–Crippen MR) is 152 cm³/mol. The van der Waals surface area contributed by atoms with Crippen molar-refractivity contribution in [1.82, 2.24) is 10.3 Å². The van der Waals surface area contributed by atoms with Crippen molar-refractivity contribution in [1.29, 1.82) is 0 Å². The van der Waals surface area contributed by atoms with Crippen LogP contribution in [0.3, 0.4) is 0 Å². The largest absolute Gasteiger partial charge is 0.452 e. The minimum atomic E-state index is -0.245. The fourth-order valence-electron chi connectivity index (χ4n) is 4.37. The van der Waals surface area contributed by atoms with Crippen LogP contribution in [0.4, 0.5) is 11.4 Å². The lowest BCUT2D eigenvalue weighted by molar-refractivity contribution is -0.115. The first-order chi connectivity index (χ1) is 17.9. The average molecular weight is 529 g/mol. The highest BCUT2D eigenvalue weighted by atomic mass is 32.2. The van der Waals surface area contributed by atoms with E-state index >= 15 is 0 Å². The number of thiocarbonyl (C=S) groups is 1. The van der Waals surface area contributed by atoms with E-state index in [1.54, 1.807) is 18.0 Å². The summed E-state index contributed by atoms with van der Waals surface area (Å²) in [5.41, 5.74) is 4.76. The van der Waals surface area contributed by atoms with Gasteiger partial charge < -0.3 is 20.0 Å². The third kappa shape index (κ3) is 5.40. The summed E-state index contributed by atoms with van der Waals surface area (Å²) in [5.74, 6) is 0.773. The lowest BCUT2D eigenvalue weighted by Gasteiger charge is -2.26. The third-order valence-corrected chi connectivity index (χ3v) is 7.56. The van der Waals surface area contributed by atoms with Gasteiger partial charge in [-0.25, -0.2) is 0 Å². The highest BCUT2D eigenvalue weighted by Gasteiger charge is 2.42. The number of amides is 1. The van der Waals surface area contributed by atoms with Crippen LogP contribution >= 0.6 is 24.0 Å². The van der Waals surface area contributed by atoms with Gasteiger partial charge >= 0.3 is 0 Å². The first-order valence-corrected chi connectivity index (χ1v) is 13.4. The Morgan fingerprint density at radius 1 is 1.11 bits per heavy atom. The van der Waals surface area contributed by atoms with Crippen LogP contribution in [0.5, 0.6) is 0 Å². The molecule has 1 aliphatic rings. The molecule has 2 N–H and O–H groups in total. The van der Waals surface area contributed by atoms with Gasteiger partial charge in [-0.3, -0.25) is 9.78 Å². The Labute approximate surface area is 226 Å². The number of aryl methyl sites for hydroxylation is 2. The Bertz CT molecular complexity index is 1420. The zero-order valence-electron chi connectivity index (χ0n) is 20.9. The molecule has 0 unspecified atom stereocenters. The highest BCUT2D eigenvalue weighted by molar-refractivity contribution is 7.99. The summed E-state index contributed by atoms with van der Waals surface area (Å²) in [4.78, 5) is 19.7. The van der Waals surface area contributed by atoms with Crippen LogP contribution in [0.1, 0.15) is 48.0 Å². The second kappa shape index (κ2) is 10.8. The number of anilines is 2. The zero-order chi connectivity index (χ0) is 25.9. The van der Waals surface area contributed by atoms with Gasteiger partial charge in [-0.05, 0) is 86.2 Å². The summed E-state index contributed by atoms with van der Waals surface area (Å²) in [7, 11) is 0. The molecule has 5 rings (SSSR count). The number of aromatic nitrogens is 1. The van der Waals surface area contributed by atoms with Crippen LogP contribution in [0, 0.1) is 13.8 Å². The quantitative estimate of drug-likeness (QED) is 0.251. The van der Waals surface area contributed by atoms with E-state index in [1.807, 2.05) is 62.4 Å². The second-order valence-electron chi connectivity index (χ2n) is 8.97. The third-order valence-electron chi connectivity index (χ3n) is 6.31. The number of nitrogens with one attached hydrogen (secondary N) is 2. The van der Waals surface area contributed by atoms with Crippen LogP contribution in [-0.4, -0.2) is 16.0 Å². The van der Waals surface area contributed by atoms with Gasteiger partial charge in [0.2, 0.25) is 5.91 Å². The molecule has 2 atom stereocenters. The number of furan rings is 1. The summed E-state index contributed by atoms with van der Waals surface area (Å²) in [6, 6.07) is 23.8. The maximum atomic E-state index is 11.9. The van der Waals surface area contributed by atoms with Gasteiger partial charge in [0.05, 0.1) is 11.7 Å². The molecular weight excluding hydrogens is 500 g/mol. The van der Waals surface area contributed by atoms with E-state index in [0.29, 0.717) is 11.5 Å². The number of nitrogens with zero attached hydrogens (tertiary/aromatic N) is 2. The zero-order valence-corrected chi connectivity index (χ0v) is 22.5. The van der Waals surface area contributed by atoms with E-state index in [2.05, 4.69) is 51.7 Å².